The smallest absolute Gasteiger partial charge is 0.204 e. The fraction of sp³-hybridized carbons (Fsp3) is 0.478. The third kappa shape index (κ3) is 7.23. The van der Waals surface area contributed by atoms with Crippen molar-refractivity contribution in [1.82, 2.24) is 14.7 Å². The summed E-state index contributed by atoms with van der Waals surface area (Å²) in [6.07, 6.45) is 5.88. The zero-order valence-electron chi connectivity index (χ0n) is 33.7. The van der Waals surface area contributed by atoms with Gasteiger partial charge in [0.25, 0.3) is 0 Å². The summed E-state index contributed by atoms with van der Waals surface area (Å²) in [4.78, 5) is 7.62. The molecule has 9 rings (SSSR count). The van der Waals surface area contributed by atoms with Crippen molar-refractivity contribution in [2.24, 2.45) is 5.92 Å². The molecule has 292 valence electrons. The summed E-state index contributed by atoms with van der Waals surface area (Å²) in [6, 6.07) is 19.4. The predicted molar refractivity (Wildman–Crippen MR) is 216 cm³/mol. The first-order valence-corrected chi connectivity index (χ1v) is 20.1. The van der Waals surface area contributed by atoms with E-state index in [0.29, 0.717) is 34.7 Å². The SMILES string of the molecule is CCN1CCc2cc(OC)c3cc2C1Cc1ccc(cc1)Oc1cc(ccc1OC)CC1c2c(c(CN4CCCC(C)C4)c(OC)c(OC)c2O3)CCN1C. The molecule has 0 amide bonds. The topological polar surface area (TPSA) is 65.1 Å². The van der Waals surface area contributed by atoms with Gasteiger partial charge in [-0.25, -0.2) is 0 Å². The van der Waals surface area contributed by atoms with Gasteiger partial charge in [-0.1, -0.05) is 32.0 Å². The number of likely N-dealkylation sites (tertiary alicyclic amines) is 1. The maximum atomic E-state index is 7.31. The van der Waals surface area contributed by atoms with E-state index in [0.717, 1.165) is 93.3 Å². The molecule has 0 radical (unpaired) electrons. The minimum absolute atomic E-state index is 0.0241. The Hall–Kier alpha value is -4.44. The summed E-state index contributed by atoms with van der Waals surface area (Å²) in [6.45, 7) is 10.4. The molecule has 5 aliphatic heterocycles. The summed E-state index contributed by atoms with van der Waals surface area (Å²) < 4.78 is 38.6. The van der Waals surface area contributed by atoms with Crippen LogP contribution in [-0.2, 0) is 32.2 Å². The highest BCUT2D eigenvalue weighted by molar-refractivity contribution is 5.67. The first-order valence-electron chi connectivity index (χ1n) is 20.1. The molecule has 5 heterocycles. The molecule has 0 saturated carbocycles. The van der Waals surface area contributed by atoms with Gasteiger partial charge in [-0.3, -0.25) is 14.7 Å². The molecule has 0 aliphatic carbocycles. The second-order valence-electron chi connectivity index (χ2n) is 15.8. The fourth-order valence-corrected chi connectivity index (χ4v) is 9.61. The summed E-state index contributed by atoms with van der Waals surface area (Å²) in [7, 11) is 9.16. The first kappa shape index (κ1) is 37.5. The quantitative estimate of drug-likeness (QED) is 0.185. The van der Waals surface area contributed by atoms with Crippen LogP contribution in [0.1, 0.15) is 77.7 Å². The molecular weight excluding hydrogens is 691 g/mol. The molecule has 5 aliphatic rings. The monoisotopic (exact) mass is 747 g/mol. The van der Waals surface area contributed by atoms with Gasteiger partial charge in [-0.15, -0.1) is 0 Å². The molecule has 55 heavy (non-hydrogen) atoms. The molecule has 3 atom stereocenters. The number of nitrogens with zero attached hydrogens (tertiary/aromatic N) is 3. The molecule has 9 nitrogen and oxygen atoms in total. The van der Waals surface area contributed by atoms with Crippen LogP contribution in [0, 0.1) is 5.92 Å². The van der Waals surface area contributed by atoms with Crippen LogP contribution in [0.5, 0.6) is 46.0 Å². The summed E-state index contributed by atoms with van der Waals surface area (Å²) in [5.41, 5.74) is 8.59. The zero-order valence-corrected chi connectivity index (χ0v) is 33.7. The van der Waals surface area contributed by atoms with Crippen molar-refractivity contribution < 1.29 is 28.4 Å². The highest BCUT2D eigenvalue weighted by Crippen LogP contribution is 2.54. The molecule has 3 unspecified atom stereocenters. The highest BCUT2D eigenvalue weighted by atomic mass is 16.5. The molecule has 9 heteroatoms. The van der Waals surface area contributed by atoms with Crippen molar-refractivity contribution in [1.29, 1.82) is 0 Å². The van der Waals surface area contributed by atoms with Gasteiger partial charge in [0.05, 0.1) is 28.4 Å². The van der Waals surface area contributed by atoms with Gasteiger partial charge in [-0.2, -0.15) is 0 Å². The number of piperidine rings is 1. The molecule has 6 bridgehead atoms. The molecule has 0 N–H and O–H groups in total. The minimum Gasteiger partial charge on any atom is -0.493 e. The average Bonchev–Trinajstić information content (AvgIpc) is 3.19. The second-order valence-corrected chi connectivity index (χ2v) is 15.8. The van der Waals surface area contributed by atoms with Gasteiger partial charge < -0.3 is 28.4 Å². The Morgan fingerprint density at radius 1 is 0.745 bits per heavy atom. The lowest BCUT2D eigenvalue weighted by molar-refractivity contribution is 0.171. The van der Waals surface area contributed by atoms with Crippen LogP contribution in [0.3, 0.4) is 0 Å². The number of fused-ring (bicyclic) bond motifs is 2. The molecular formula is C46H57N3O6. The van der Waals surface area contributed by atoms with E-state index < -0.39 is 0 Å². The number of ether oxygens (including phenoxy) is 6. The van der Waals surface area contributed by atoms with Gasteiger partial charge in [0, 0.05) is 49.4 Å². The van der Waals surface area contributed by atoms with E-state index in [1.165, 1.54) is 40.7 Å². The number of rotatable bonds is 7. The predicted octanol–water partition coefficient (Wildman–Crippen LogP) is 8.78. The zero-order chi connectivity index (χ0) is 38.2. The van der Waals surface area contributed by atoms with Crippen molar-refractivity contribution in [2.75, 3.05) is 68.2 Å². The average molecular weight is 748 g/mol. The van der Waals surface area contributed by atoms with E-state index in [9.17, 15) is 0 Å². The number of benzene rings is 4. The van der Waals surface area contributed by atoms with Crippen LogP contribution in [-0.4, -0.2) is 82.9 Å². The number of hydrogen-bond donors (Lipinski definition) is 0. The molecule has 4 aromatic carbocycles. The van der Waals surface area contributed by atoms with Gasteiger partial charge in [-0.05, 0) is 129 Å². The Balaban J connectivity index is 1.37. The van der Waals surface area contributed by atoms with Crippen LogP contribution < -0.4 is 28.4 Å². The van der Waals surface area contributed by atoms with Crippen LogP contribution in [0.25, 0.3) is 0 Å². The van der Waals surface area contributed by atoms with Crippen LogP contribution in [0.15, 0.2) is 54.6 Å². The lowest BCUT2D eigenvalue weighted by atomic mass is 9.84. The van der Waals surface area contributed by atoms with Crippen LogP contribution in [0.2, 0.25) is 0 Å². The molecule has 4 aromatic rings. The molecule has 1 fully saturated rings. The normalized spacial score (nSPS) is 21.4. The lowest BCUT2D eigenvalue weighted by Gasteiger charge is -2.40. The van der Waals surface area contributed by atoms with Crippen molar-refractivity contribution in [2.45, 2.75) is 71.0 Å². The summed E-state index contributed by atoms with van der Waals surface area (Å²) in [5.74, 6) is 6.34. The molecule has 1 saturated heterocycles. The van der Waals surface area contributed by atoms with E-state index in [2.05, 4.69) is 84.1 Å². The van der Waals surface area contributed by atoms with Gasteiger partial charge >= 0.3 is 0 Å². The standard InChI is InChI=1S/C46H57N3O6/c1-8-49-21-17-32-25-40(51-5)42-26-35(32)37(49)22-30-11-14-33(15-12-30)54-41-24-31(13-16-39(41)50-4)23-38-43-34(18-20-47(38)3)36(28-48-19-9-10-29(2)27-48)44(52-6)46(53-7)45(43)55-42/h11-16,24-26,29,37-38H,8-10,17-23,27-28H2,1-7H3. The Morgan fingerprint density at radius 3 is 2.22 bits per heavy atom. The number of methoxy groups -OCH3 is 4. The van der Waals surface area contributed by atoms with E-state index in [1.54, 1.807) is 28.4 Å². The summed E-state index contributed by atoms with van der Waals surface area (Å²) >= 11 is 0. The second kappa shape index (κ2) is 16.0. The maximum Gasteiger partial charge on any atom is 0.204 e. The molecule has 0 aromatic heterocycles. The maximum absolute atomic E-state index is 7.31. The third-order valence-electron chi connectivity index (χ3n) is 12.5. The highest BCUT2D eigenvalue weighted by Gasteiger charge is 2.38. The van der Waals surface area contributed by atoms with E-state index in [1.807, 2.05) is 6.07 Å². The fourth-order valence-electron chi connectivity index (χ4n) is 9.61. The van der Waals surface area contributed by atoms with Gasteiger partial charge in [0.1, 0.15) is 5.75 Å². The van der Waals surface area contributed by atoms with E-state index in [4.69, 9.17) is 28.4 Å². The van der Waals surface area contributed by atoms with Crippen LogP contribution >= 0.6 is 0 Å². The number of likely N-dealkylation sites (N-methyl/N-ethyl adjacent to an activating group) is 2. The minimum atomic E-state index is -0.0241. The van der Waals surface area contributed by atoms with Crippen molar-refractivity contribution in [3.05, 3.63) is 93.5 Å². The lowest BCUT2D eigenvalue weighted by Crippen LogP contribution is -2.37. The summed E-state index contributed by atoms with van der Waals surface area (Å²) in [5, 5.41) is 0. The van der Waals surface area contributed by atoms with Crippen molar-refractivity contribution in [3.8, 4) is 46.0 Å². The Bertz CT molecular complexity index is 2010. The van der Waals surface area contributed by atoms with Gasteiger partial charge in [0.2, 0.25) is 5.75 Å². The Morgan fingerprint density at radius 2 is 1.49 bits per heavy atom. The third-order valence-corrected chi connectivity index (χ3v) is 12.5. The van der Waals surface area contributed by atoms with Crippen LogP contribution in [0.4, 0.5) is 0 Å². The van der Waals surface area contributed by atoms with E-state index in [-0.39, 0.29) is 12.1 Å². The Kier molecular flexibility index (Phi) is 10.9. The largest absolute Gasteiger partial charge is 0.493 e. The van der Waals surface area contributed by atoms with Crippen molar-refractivity contribution in [3.63, 3.8) is 0 Å². The number of hydrogen-bond acceptors (Lipinski definition) is 9. The van der Waals surface area contributed by atoms with Crippen molar-refractivity contribution >= 4 is 0 Å². The molecule has 0 spiro atoms. The van der Waals surface area contributed by atoms with E-state index >= 15 is 0 Å². The first-order chi connectivity index (χ1) is 26.8. The van der Waals surface area contributed by atoms with Gasteiger partial charge in [0.15, 0.2) is 34.5 Å². The Labute approximate surface area is 327 Å².